The molecule has 1 aliphatic carbocycles. The van der Waals surface area contributed by atoms with Gasteiger partial charge in [-0.25, -0.2) is 0 Å². The third-order valence-electron chi connectivity index (χ3n) is 5.85. The number of carbonyl (C=O) groups excluding carboxylic acids is 2. The average molecular weight is 419 g/mol. The molecule has 7 nitrogen and oxygen atoms in total. The number of nitro groups is 1. The number of Topliss-reactive ketones (excluding diaryl/α,β-unsaturated/α-hetero) is 1. The predicted octanol–water partition coefficient (Wildman–Crippen LogP) is 5.29. The number of benzene rings is 2. The minimum Gasteiger partial charge on any atom is -0.357 e. The lowest BCUT2D eigenvalue weighted by Gasteiger charge is -2.34. The highest BCUT2D eigenvalue weighted by Gasteiger charge is 2.39. The van der Waals surface area contributed by atoms with Gasteiger partial charge in [0.05, 0.1) is 22.3 Å². The number of nitrogens with zero attached hydrogens (tertiary/aromatic N) is 2. The predicted molar refractivity (Wildman–Crippen MR) is 119 cm³/mol. The van der Waals surface area contributed by atoms with Crippen molar-refractivity contribution in [2.24, 2.45) is 0 Å². The van der Waals surface area contributed by atoms with Crippen molar-refractivity contribution in [3.63, 3.8) is 0 Å². The Bertz CT molecular complexity index is 1080. The summed E-state index contributed by atoms with van der Waals surface area (Å²) >= 11 is 0. The van der Waals surface area contributed by atoms with E-state index in [0.29, 0.717) is 36.1 Å². The molecule has 1 N–H and O–H groups in total. The average Bonchev–Trinajstić information content (AvgIpc) is 2.92. The number of hydrogen-bond donors (Lipinski definition) is 1. The number of allylic oxidation sites excluding steroid dienone is 1. The molecule has 4 rings (SSSR count). The molecule has 31 heavy (non-hydrogen) atoms. The number of fused-ring (bicyclic) bond motifs is 1. The molecular formula is C24H25N3O4. The number of nitro benzene ring substituents is 1. The van der Waals surface area contributed by atoms with Crippen LogP contribution in [0.15, 0.2) is 59.8 Å². The Morgan fingerprint density at radius 2 is 2.00 bits per heavy atom. The molecule has 0 radical (unpaired) electrons. The normalized spacial score (nSPS) is 18.0. The van der Waals surface area contributed by atoms with Crippen molar-refractivity contribution in [2.75, 3.05) is 10.2 Å². The van der Waals surface area contributed by atoms with E-state index in [1.54, 1.807) is 17.0 Å². The van der Waals surface area contributed by atoms with Crippen LogP contribution in [0.4, 0.5) is 17.1 Å². The molecule has 0 fully saturated rings. The summed E-state index contributed by atoms with van der Waals surface area (Å²) in [6.07, 6.45) is 3.77. The van der Waals surface area contributed by atoms with Crippen molar-refractivity contribution < 1.29 is 14.5 Å². The lowest BCUT2D eigenvalue weighted by molar-refractivity contribution is -0.384. The molecule has 2 aromatic rings. The molecular weight excluding hydrogens is 394 g/mol. The van der Waals surface area contributed by atoms with E-state index in [1.165, 1.54) is 12.1 Å². The molecule has 1 aliphatic heterocycles. The molecule has 0 spiro atoms. The first-order valence-electron chi connectivity index (χ1n) is 10.7. The molecule has 0 unspecified atom stereocenters. The second-order valence-corrected chi connectivity index (χ2v) is 7.93. The maximum absolute atomic E-state index is 13.5. The molecule has 7 heteroatoms. The van der Waals surface area contributed by atoms with Gasteiger partial charge in [0.2, 0.25) is 5.91 Å². The van der Waals surface area contributed by atoms with Gasteiger partial charge in [0.25, 0.3) is 5.69 Å². The summed E-state index contributed by atoms with van der Waals surface area (Å²) in [6.45, 7) is 2.02. The fourth-order valence-electron chi connectivity index (χ4n) is 4.38. The van der Waals surface area contributed by atoms with Crippen molar-refractivity contribution in [2.45, 2.75) is 51.5 Å². The minimum atomic E-state index is -0.705. The van der Waals surface area contributed by atoms with Crippen molar-refractivity contribution in [1.82, 2.24) is 0 Å². The summed E-state index contributed by atoms with van der Waals surface area (Å²) < 4.78 is 0. The van der Waals surface area contributed by atoms with E-state index < -0.39 is 11.0 Å². The van der Waals surface area contributed by atoms with Gasteiger partial charge in [-0.3, -0.25) is 24.6 Å². The van der Waals surface area contributed by atoms with E-state index in [1.807, 2.05) is 31.2 Å². The number of rotatable bonds is 5. The summed E-state index contributed by atoms with van der Waals surface area (Å²) in [5.41, 5.74) is 3.29. The number of ketones is 1. The monoisotopic (exact) mass is 419 g/mol. The zero-order valence-corrected chi connectivity index (χ0v) is 17.5. The summed E-state index contributed by atoms with van der Waals surface area (Å²) in [5, 5.41) is 14.8. The van der Waals surface area contributed by atoms with Crippen LogP contribution in [-0.2, 0) is 9.59 Å². The second-order valence-electron chi connectivity index (χ2n) is 7.93. The van der Waals surface area contributed by atoms with E-state index >= 15 is 0 Å². The van der Waals surface area contributed by atoms with E-state index in [4.69, 9.17) is 0 Å². The van der Waals surface area contributed by atoms with Gasteiger partial charge in [0, 0.05) is 36.2 Å². The number of nitrogens with one attached hydrogen (secondary N) is 1. The molecule has 0 saturated carbocycles. The quantitative estimate of drug-likeness (QED) is 0.525. The van der Waals surface area contributed by atoms with Crippen LogP contribution in [0.5, 0.6) is 0 Å². The first kappa shape index (κ1) is 20.8. The summed E-state index contributed by atoms with van der Waals surface area (Å²) in [4.78, 5) is 39.3. The largest absolute Gasteiger partial charge is 0.357 e. The summed E-state index contributed by atoms with van der Waals surface area (Å²) in [5.74, 6) is -0.119. The van der Waals surface area contributed by atoms with E-state index in [9.17, 15) is 19.7 Å². The maximum atomic E-state index is 13.5. The van der Waals surface area contributed by atoms with Crippen LogP contribution in [-0.4, -0.2) is 16.6 Å². The van der Waals surface area contributed by atoms with Gasteiger partial charge < -0.3 is 5.32 Å². The zero-order valence-electron chi connectivity index (χ0n) is 17.5. The highest BCUT2D eigenvalue weighted by atomic mass is 16.6. The molecule has 1 heterocycles. The number of non-ortho nitro benzene ring substituents is 1. The molecule has 0 bridgehead atoms. The van der Waals surface area contributed by atoms with E-state index in [2.05, 4.69) is 5.32 Å². The Labute approximate surface area is 180 Å². The Hall–Kier alpha value is -3.48. The zero-order chi connectivity index (χ0) is 22.0. The minimum absolute atomic E-state index is 0.0219. The van der Waals surface area contributed by atoms with Crippen LogP contribution in [0.25, 0.3) is 0 Å². The van der Waals surface area contributed by atoms with Crippen LogP contribution < -0.4 is 10.2 Å². The first-order valence-corrected chi connectivity index (χ1v) is 10.7. The smallest absolute Gasteiger partial charge is 0.269 e. The van der Waals surface area contributed by atoms with Crippen molar-refractivity contribution >= 4 is 28.8 Å². The Balaban J connectivity index is 1.96. The number of hydrogen-bond acceptors (Lipinski definition) is 5. The van der Waals surface area contributed by atoms with Crippen molar-refractivity contribution in [3.8, 4) is 0 Å². The number of anilines is 2. The van der Waals surface area contributed by atoms with Gasteiger partial charge >= 0.3 is 0 Å². The molecule has 160 valence electrons. The van der Waals surface area contributed by atoms with Crippen LogP contribution in [0, 0.1) is 10.1 Å². The van der Waals surface area contributed by atoms with Crippen LogP contribution in [0.1, 0.15) is 57.1 Å². The molecule has 0 saturated heterocycles. The molecule has 2 aromatic carbocycles. The third kappa shape index (κ3) is 3.95. The van der Waals surface area contributed by atoms with Crippen molar-refractivity contribution in [3.05, 3.63) is 75.5 Å². The summed E-state index contributed by atoms with van der Waals surface area (Å²) in [6, 6.07) is 13.1. The van der Waals surface area contributed by atoms with Crippen LogP contribution in [0.2, 0.25) is 0 Å². The number of para-hydroxylation sites is 2. The Kier molecular flexibility index (Phi) is 5.84. The number of unbranched alkanes of at least 4 members (excludes halogenated alkanes) is 1. The third-order valence-corrected chi connectivity index (χ3v) is 5.85. The molecule has 1 amide bonds. The summed E-state index contributed by atoms with van der Waals surface area (Å²) in [7, 11) is 0. The van der Waals surface area contributed by atoms with Gasteiger partial charge in [-0.15, -0.1) is 0 Å². The fourth-order valence-corrected chi connectivity index (χ4v) is 4.38. The first-order chi connectivity index (χ1) is 15.0. The fraction of sp³-hybridized carbons (Fsp3) is 0.333. The highest BCUT2D eigenvalue weighted by molar-refractivity contribution is 6.06. The van der Waals surface area contributed by atoms with E-state index in [0.717, 1.165) is 30.6 Å². The Morgan fingerprint density at radius 3 is 2.77 bits per heavy atom. The molecule has 2 aliphatic rings. The topological polar surface area (TPSA) is 92.6 Å². The van der Waals surface area contributed by atoms with E-state index in [-0.39, 0.29) is 17.4 Å². The highest BCUT2D eigenvalue weighted by Crippen LogP contribution is 2.45. The van der Waals surface area contributed by atoms with Crippen LogP contribution in [0.3, 0.4) is 0 Å². The lowest BCUT2D eigenvalue weighted by Crippen LogP contribution is -2.38. The standard InChI is InChI=1S/C24H25N3O4/c1-2-3-14-22(29)26-20-12-5-4-10-18(20)25-19-11-7-13-21(28)23(19)24(26)16-8-6-9-17(15-16)27(30)31/h4-6,8-10,12,15,24-25H,2-3,7,11,13-14H2,1H3/t24-/m0/s1. The number of amides is 1. The van der Waals surface area contributed by atoms with Gasteiger partial charge in [-0.05, 0) is 37.0 Å². The maximum Gasteiger partial charge on any atom is 0.269 e. The van der Waals surface area contributed by atoms with Gasteiger partial charge in [0.15, 0.2) is 5.78 Å². The second kappa shape index (κ2) is 8.71. The van der Waals surface area contributed by atoms with Gasteiger partial charge in [-0.1, -0.05) is 37.6 Å². The number of carbonyl (C=O) groups is 2. The van der Waals surface area contributed by atoms with Gasteiger partial charge in [0.1, 0.15) is 0 Å². The van der Waals surface area contributed by atoms with Crippen LogP contribution >= 0.6 is 0 Å². The SMILES string of the molecule is CCCCC(=O)N1c2ccccc2NC2=C(C(=O)CCC2)[C@@H]1c1cccc([N+](=O)[O-])c1. The molecule has 1 atom stereocenters. The lowest BCUT2D eigenvalue weighted by atomic mass is 9.85. The van der Waals surface area contributed by atoms with Gasteiger partial charge in [-0.2, -0.15) is 0 Å². The van der Waals surface area contributed by atoms with Crippen molar-refractivity contribution in [1.29, 1.82) is 0 Å². The molecule has 0 aromatic heterocycles. The Morgan fingerprint density at radius 1 is 1.19 bits per heavy atom.